The molecule has 6 nitrogen and oxygen atoms in total. The van der Waals surface area contributed by atoms with Gasteiger partial charge in [0.05, 0.1) is 11.4 Å². The molecular formula is C16H17F2N3O3S. The molecule has 0 aliphatic heterocycles. The summed E-state index contributed by atoms with van der Waals surface area (Å²) in [5.74, 6) is -3.82. The summed E-state index contributed by atoms with van der Waals surface area (Å²) in [6.07, 6.45) is 0. The first-order chi connectivity index (χ1) is 11.8. The summed E-state index contributed by atoms with van der Waals surface area (Å²) >= 11 is 0.330. The Morgan fingerprint density at radius 1 is 1.32 bits per heavy atom. The van der Waals surface area contributed by atoms with Crippen molar-refractivity contribution in [2.45, 2.75) is 31.0 Å². The fraction of sp³-hybridized carbons (Fsp3) is 0.312. The fourth-order valence-corrected chi connectivity index (χ4v) is 2.70. The van der Waals surface area contributed by atoms with E-state index in [2.05, 4.69) is 10.4 Å². The molecule has 2 rings (SSSR count). The molecule has 1 N–H and O–H groups in total. The molecule has 1 heterocycles. The summed E-state index contributed by atoms with van der Waals surface area (Å²) < 4.78 is 31.4. The van der Waals surface area contributed by atoms with Gasteiger partial charge in [-0.25, -0.2) is 0 Å². The molecule has 1 amide bonds. The number of esters is 1. The Morgan fingerprint density at radius 2 is 2.04 bits per heavy atom. The maximum atomic E-state index is 12.5. The van der Waals surface area contributed by atoms with Crippen LogP contribution in [0.1, 0.15) is 11.4 Å². The highest BCUT2D eigenvalue weighted by molar-refractivity contribution is 7.99. The number of rotatable bonds is 7. The van der Waals surface area contributed by atoms with Gasteiger partial charge in [-0.2, -0.15) is 13.9 Å². The van der Waals surface area contributed by atoms with Crippen molar-refractivity contribution in [2.75, 3.05) is 11.9 Å². The number of anilines is 1. The number of amides is 1. The van der Waals surface area contributed by atoms with Gasteiger partial charge in [-0.1, -0.05) is 23.9 Å². The first-order valence-electron chi connectivity index (χ1n) is 7.35. The van der Waals surface area contributed by atoms with Crippen LogP contribution in [0, 0.1) is 13.8 Å². The standard InChI is InChI=1S/C16H17F2N3O3S/c1-10-7-11(2)21(20-10)8-15(23)24-9-14(22)19-12-5-3-4-6-13(12)25-16(17)18/h3-7,16H,8-9H2,1-2H3,(H,19,22). The molecule has 0 fully saturated rings. The Bertz CT molecular complexity index is 765. The summed E-state index contributed by atoms with van der Waals surface area (Å²) in [6, 6.07) is 7.99. The van der Waals surface area contributed by atoms with Gasteiger partial charge in [-0.3, -0.25) is 14.3 Å². The maximum absolute atomic E-state index is 12.5. The average molecular weight is 369 g/mol. The lowest BCUT2D eigenvalue weighted by Gasteiger charge is -2.11. The van der Waals surface area contributed by atoms with E-state index in [9.17, 15) is 18.4 Å². The van der Waals surface area contributed by atoms with Crippen molar-refractivity contribution in [2.24, 2.45) is 0 Å². The van der Waals surface area contributed by atoms with E-state index in [1.165, 1.54) is 16.8 Å². The number of ether oxygens (including phenoxy) is 1. The van der Waals surface area contributed by atoms with Crippen LogP contribution in [0.15, 0.2) is 35.2 Å². The number of hydrogen-bond donors (Lipinski definition) is 1. The third-order valence-electron chi connectivity index (χ3n) is 3.12. The van der Waals surface area contributed by atoms with Gasteiger partial charge in [0, 0.05) is 10.6 Å². The minimum absolute atomic E-state index is 0.106. The lowest BCUT2D eigenvalue weighted by molar-refractivity contribution is -0.148. The normalized spacial score (nSPS) is 10.8. The third-order valence-corrected chi connectivity index (χ3v) is 3.91. The Kier molecular flexibility index (Phi) is 6.51. The molecule has 25 heavy (non-hydrogen) atoms. The molecule has 0 aliphatic rings. The highest BCUT2D eigenvalue weighted by atomic mass is 32.2. The van der Waals surface area contributed by atoms with E-state index < -0.39 is 24.2 Å². The van der Waals surface area contributed by atoms with Crippen molar-refractivity contribution in [1.82, 2.24) is 9.78 Å². The van der Waals surface area contributed by atoms with E-state index in [0.29, 0.717) is 11.8 Å². The van der Waals surface area contributed by atoms with Crippen LogP contribution in [0.3, 0.4) is 0 Å². The monoisotopic (exact) mass is 369 g/mol. The quantitative estimate of drug-likeness (QED) is 0.600. The molecule has 0 radical (unpaired) electrons. The lowest BCUT2D eigenvalue weighted by Crippen LogP contribution is -2.23. The number of para-hydroxylation sites is 1. The summed E-state index contributed by atoms with van der Waals surface area (Å²) in [7, 11) is 0. The minimum Gasteiger partial charge on any atom is -0.454 e. The molecule has 134 valence electrons. The Balaban J connectivity index is 1.86. The van der Waals surface area contributed by atoms with E-state index in [1.807, 2.05) is 6.07 Å². The number of halogens is 2. The average Bonchev–Trinajstić information content (AvgIpc) is 2.84. The van der Waals surface area contributed by atoms with Crippen molar-refractivity contribution < 1.29 is 23.1 Å². The van der Waals surface area contributed by atoms with Crippen molar-refractivity contribution in [3.8, 4) is 0 Å². The largest absolute Gasteiger partial charge is 0.454 e. The molecule has 0 unspecified atom stereocenters. The van der Waals surface area contributed by atoms with E-state index in [4.69, 9.17) is 4.74 Å². The zero-order valence-corrected chi connectivity index (χ0v) is 14.5. The van der Waals surface area contributed by atoms with Crippen molar-refractivity contribution in [3.63, 3.8) is 0 Å². The van der Waals surface area contributed by atoms with E-state index in [1.54, 1.807) is 26.0 Å². The molecular weight excluding hydrogens is 352 g/mol. The molecule has 0 saturated carbocycles. The van der Waals surface area contributed by atoms with Gasteiger partial charge in [0.2, 0.25) is 0 Å². The second kappa shape index (κ2) is 8.61. The maximum Gasteiger partial charge on any atom is 0.328 e. The van der Waals surface area contributed by atoms with Crippen LogP contribution in [0.2, 0.25) is 0 Å². The zero-order valence-electron chi connectivity index (χ0n) is 13.7. The topological polar surface area (TPSA) is 73.2 Å². The molecule has 1 aromatic carbocycles. The van der Waals surface area contributed by atoms with Crippen LogP contribution < -0.4 is 5.32 Å². The number of aromatic nitrogens is 2. The predicted molar refractivity (Wildman–Crippen MR) is 89.6 cm³/mol. The number of carbonyl (C=O) groups is 2. The minimum atomic E-state index is -2.60. The smallest absolute Gasteiger partial charge is 0.328 e. The van der Waals surface area contributed by atoms with Gasteiger partial charge in [0.25, 0.3) is 11.7 Å². The number of hydrogen-bond acceptors (Lipinski definition) is 5. The number of nitrogens with zero attached hydrogens (tertiary/aromatic N) is 2. The summed E-state index contributed by atoms with van der Waals surface area (Å²) in [5.41, 5.74) is 1.82. The van der Waals surface area contributed by atoms with Crippen LogP contribution in [0.5, 0.6) is 0 Å². The van der Waals surface area contributed by atoms with Crippen LogP contribution in [0.25, 0.3) is 0 Å². The SMILES string of the molecule is Cc1cc(C)n(CC(=O)OCC(=O)Nc2ccccc2SC(F)F)n1. The fourth-order valence-electron chi connectivity index (χ4n) is 2.10. The predicted octanol–water partition coefficient (Wildman–Crippen LogP) is 3.00. The molecule has 9 heteroatoms. The van der Waals surface area contributed by atoms with Crippen molar-refractivity contribution in [3.05, 3.63) is 41.7 Å². The van der Waals surface area contributed by atoms with E-state index >= 15 is 0 Å². The van der Waals surface area contributed by atoms with Crippen molar-refractivity contribution >= 4 is 29.3 Å². The van der Waals surface area contributed by atoms with Crippen LogP contribution in [0.4, 0.5) is 14.5 Å². The van der Waals surface area contributed by atoms with Crippen molar-refractivity contribution in [1.29, 1.82) is 0 Å². The van der Waals surface area contributed by atoms with Gasteiger partial charge < -0.3 is 10.1 Å². The van der Waals surface area contributed by atoms with Gasteiger partial charge in [-0.15, -0.1) is 0 Å². The molecule has 2 aromatic rings. The molecule has 0 bridgehead atoms. The molecule has 0 spiro atoms. The highest BCUT2D eigenvalue weighted by Crippen LogP contribution is 2.31. The second-order valence-corrected chi connectivity index (χ2v) is 6.20. The van der Waals surface area contributed by atoms with Gasteiger partial charge in [0.15, 0.2) is 6.61 Å². The number of nitrogens with one attached hydrogen (secondary N) is 1. The van der Waals surface area contributed by atoms with Gasteiger partial charge in [-0.05, 0) is 32.0 Å². The molecule has 0 saturated heterocycles. The molecule has 0 aliphatic carbocycles. The first-order valence-corrected chi connectivity index (χ1v) is 8.23. The van der Waals surface area contributed by atoms with Gasteiger partial charge in [0.1, 0.15) is 6.54 Å². The van der Waals surface area contributed by atoms with Crippen LogP contribution in [-0.4, -0.2) is 34.0 Å². The number of thioether (sulfide) groups is 1. The Hall–Kier alpha value is -2.42. The number of carbonyl (C=O) groups excluding carboxylic acids is 2. The number of alkyl halides is 2. The Morgan fingerprint density at radius 3 is 2.68 bits per heavy atom. The van der Waals surface area contributed by atoms with E-state index in [0.717, 1.165) is 11.4 Å². The first kappa shape index (κ1) is 18.9. The van der Waals surface area contributed by atoms with Crippen LogP contribution >= 0.6 is 11.8 Å². The lowest BCUT2D eigenvalue weighted by atomic mass is 10.3. The van der Waals surface area contributed by atoms with Gasteiger partial charge >= 0.3 is 5.97 Å². The summed E-state index contributed by atoms with van der Waals surface area (Å²) in [6.45, 7) is 2.99. The van der Waals surface area contributed by atoms with Crippen LogP contribution in [-0.2, 0) is 20.9 Å². The molecule has 0 atom stereocenters. The Labute approximate surface area is 147 Å². The summed E-state index contributed by atoms with van der Waals surface area (Å²) in [4.78, 5) is 23.9. The molecule has 1 aromatic heterocycles. The third kappa shape index (κ3) is 5.86. The highest BCUT2D eigenvalue weighted by Gasteiger charge is 2.14. The zero-order chi connectivity index (χ0) is 18.4. The second-order valence-electron chi connectivity index (χ2n) is 5.17. The number of benzene rings is 1. The number of aryl methyl sites for hydroxylation is 2. The summed E-state index contributed by atoms with van der Waals surface area (Å²) in [5, 5.41) is 6.58. The van der Waals surface area contributed by atoms with E-state index in [-0.39, 0.29) is 17.1 Å².